The zero-order valence-corrected chi connectivity index (χ0v) is 18.0. The minimum atomic E-state index is -0.138. The highest BCUT2D eigenvalue weighted by molar-refractivity contribution is 5.87. The van der Waals surface area contributed by atoms with Crippen molar-refractivity contribution in [1.82, 2.24) is 9.38 Å². The predicted molar refractivity (Wildman–Crippen MR) is 127 cm³/mol. The summed E-state index contributed by atoms with van der Waals surface area (Å²) in [4.78, 5) is 22.8. The first-order valence-corrected chi connectivity index (χ1v) is 10.5. The Morgan fingerprint density at radius 3 is 2.26 bits per heavy atom. The van der Waals surface area contributed by atoms with Crippen LogP contribution in [0.15, 0.2) is 88.8 Å². The van der Waals surface area contributed by atoms with Gasteiger partial charge in [-0.2, -0.15) is 0 Å². The van der Waals surface area contributed by atoms with Crippen LogP contribution >= 0.6 is 0 Å². The lowest BCUT2D eigenvalue weighted by molar-refractivity contribution is 0.824. The third kappa shape index (κ3) is 4.40. The quantitative estimate of drug-likeness (QED) is 0.436. The van der Waals surface area contributed by atoms with E-state index in [1.54, 1.807) is 16.8 Å². The smallest absolute Gasteiger partial charge is 0.268 e. The summed E-state index contributed by atoms with van der Waals surface area (Å²) in [5, 5.41) is 3.43. The van der Waals surface area contributed by atoms with Gasteiger partial charge in [-0.25, -0.2) is 4.98 Å². The summed E-state index contributed by atoms with van der Waals surface area (Å²) in [5.74, 6) is 0.541. The first kappa shape index (κ1) is 20.5. The molecule has 0 fully saturated rings. The Labute approximate surface area is 182 Å². The van der Waals surface area contributed by atoms with Gasteiger partial charge in [0.2, 0.25) is 0 Å². The van der Waals surface area contributed by atoms with E-state index in [0.717, 1.165) is 16.7 Å². The van der Waals surface area contributed by atoms with Crippen LogP contribution in [0.25, 0.3) is 5.65 Å². The molecule has 0 unspecified atom stereocenters. The number of nitrogens with zero attached hydrogens (tertiary/aromatic N) is 3. The van der Waals surface area contributed by atoms with E-state index in [1.807, 2.05) is 74.5 Å². The van der Waals surface area contributed by atoms with Crippen LogP contribution in [0.3, 0.4) is 0 Å². The van der Waals surface area contributed by atoms with E-state index in [1.165, 1.54) is 0 Å². The number of fused-ring (bicyclic) bond motifs is 1. The number of benzene rings is 2. The maximum absolute atomic E-state index is 13.4. The van der Waals surface area contributed by atoms with Crippen LogP contribution in [0, 0.1) is 6.92 Å². The molecule has 4 rings (SSSR count). The lowest BCUT2D eigenvalue weighted by atomic mass is 10.1. The normalized spacial score (nSPS) is 13.4. The fourth-order valence-electron chi connectivity index (χ4n) is 3.57. The molecular weight excluding hydrogens is 384 g/mol. The molecule has 0 spiro atoms. The predicted octanol–water partition coefficient (Wildman–Crippen LogP) is 5.36. The summed E-state index contributed by atoms with van der Waals surface area (Å²) in [5.41, 5.74) is 4.11. The van der Waals surface area contributed by atoms with Crippen LogP contribution in [0.5, 0.6) is 0 Å². The molecular formula is C26H26N4O. The third-order valence-corrected chi connectivity index (χ3v) is 5.45. The molecule has 0 saturated heterocycles. The number of aliphatic imine (C=N–C) groups is 1. The van der Waals surface area contributed by atoms with Crippen molar-refractivity contribution in [2.24, 2.45) is 4.99 Å². The average Bonchev–Trinajstić information content (AvgIpc) is 2.80. The van der Waals surface area contributed by atoms with Crippen molar-refractivity contribution < 1.29 is 0 Å². The van der Waals surface area contributed by atoms with Gasteiger partial charge in [0, 0.05) is 18.5 Å². The van der Waals surface area contributed by atoms with Gasteiger partial charge in [0.25, 0.3) is 5.56 Å². The lowest BCUT2D eigenvalue weighted by Gasteiger charge is -2.17. The molecule has 1 N–H and O–H groups in total. The molecule has 4 aromatic rings. The standard InChI is InChI=1S/C26H26N4O/c1-18-11-10-16-30-25(18)29-24(28-20(3)22-14-8-5-9-15-22)23(26(30)31)17-27-19(2)21-12-6-4-7-13-21/h4-17,19-20,28H,1-3H3/t19-,20-/m1/s1. The summed E-state index contributed by atoms with van der Waals surface area (Å²) in [6.07, 6.45) is 3.40. The van der Waals surface area contributed by atoms with E-state index in [-0.39, 0.29) is 17.6 Å². The fraction of sp³-hybridized carbons (Fsp3) is 0.192. The molecule has 156 valence electrons. The van der Waals surface area contributed by atoms with Gasteiger partial charge < -0.3 is 5.32 Å². The fourth-order valence-corrected chi connectivity index (χ4v) is 3.57. The van der Waals surface area contributed by atoms with E-state index < -0.39 is 0 Å². The summed E-state index contributed by atoms with van der Waals surface area (Å²) in [7, 11) is 0. The highest BCUT2D eigenvalue weighted by Gasteiger charge is 2.15. The van der Waals surface area contributed by atoms with Crippen LogP contribution in [-0.2, 0) is 0 Å². The molecule has 0 saturated carbocycles. The number of aromatic nitrogens is 2. The van der Waals surface area contributed by atoms with Crippen molar-refractivity contribution in [2.45, 2.75) is 32.9 Å². The van der Waals surface area contributed by atoms with Gasteiger partial charge in [0.1, 0.15) is 17.0 Å². The van der Waals surface area contributed by atoms with Crippen LogP contribution in [0.4, 0.5) is 5.82 Å². The minimum Gasteiger partial charge on any atom is -0.363 e. The number of rotatable bonds is 6. The van der Waals surface area contributed by atoms with Gasteiger partial charge in [-0.1, -0.05) is 66.7 Å². The second-order valence-electron chi connectivity index (χ2n) is 7.71. The van der Waals surface area contributed by atoms with Gasteiger partial charge >= 0.3 is 0 Å². The molecule has 2 atom stereocenters. The van der Waals surface area contributed by atoms with E-state index >= 15 is 0 Å². The molecule has 0 radical (unpaired) electrons. The molecule has 0 aliphatic rings. The van der Waals surface area contributed by atoms with Crippen molar-refractivity contribution in [3.63, 3.8) is 0 Å². The van der Waals surface area contributed by atoms with Crippen LogP contribution in [0.2, 0.25) is 0 Å². The van der Waals surface area contributed by atoms with E-state index in [0.29, 0.717) is 17.0 Å². The Kier molecular flexibility index (Phi) is 5.94. The van der Waals surface area contributed by atoms with E-state index in [2.05, 4.69) is 29.4 Å². The zero-order valence-electron chi connectivity index (χ0n) is 18.0. The summed E-state index contributed by atoms with van der Waals surface area (Å²) in [6.45, 7) is 6.03. The first-order valence-electron chi connectivity index (χ1n) is 10.5. The summed E-state index contributed by atoms with van der Waals surface area (Å²) in [6, 6.07) is 23.9. The van der Waals surface area contributed by atoms with Gasteiger partial charge in [0.05, 0.1) is 6.04 Å². The van der Waals surface area contributed by atoms with Crippen molar-refractivity contribution in [2.75, 3.05) is 5.32 Å². The molecule has 0 amide bonds. The lowest BCUT2D eigenvalue weighted by Crippen LogP contribution is -2.24. The topological polar surface area (TPSA) is 58.8 Å². The second kappa shape index (κ2) is 8.96. The van der Waals surface area contributed by atoms with Crippen molar-refractivity contribution in [3.8, 4) is 0 Å². The Bertz CT molecular complexity index is 1260. The van der Waals surface area contributed by atoms with Crippen molar-refractivity contribution in [3.05, 3.63) is 112 Å². The summed E-state index contributed by atoms with van der Waals surface area (Å²) < 4.78 is 1.59. The second-order valence-corrected chi connectivity index (χ2v) is 7.71. The zero-order chi connectivity index (χ0) is 21.8. The number of nitrogens with one attached hydrogen (secondary N) is 1. The Morgan fingerprint density at radius 2 is 1.58 bits per heavy atom. The maximum Gasteiger partial charge on any atom is 0.268 e. The Balaban J connectivity index is 1.78. The van der Waals surface area contributed by atoms with Gasteiger partial charge in [0.15, 0.2) is 0 Å². The summed E-state index contributed by atoms with van der Waals surface area (Å²) >= 11 is 0. The third-order valence-electron chi connectivity index (χ3n) is 5.45. The number of pyridine rings is 1. The molecule has 2 aromatic carbocycles. The number of aryl methyl sites for hydroxylation is 1. The Morgan fingerprint density at radius 1 is 0.935 bits per heavy atom. The highest BCUT2D eigenvalue weighted by Crippen LogP contribution is 2.21. The average molecular weight is 411 g/mol. The molecule has 0 aliphatic heterocycles. The molecule has 5 nitrogen and oxygen atoms in total. The SMILES string of the molecule is Cc1cccn2c(=O)c(C=N[C@H](C)c3ccccc3)c(N[C@H](C)c3ccccc3)nc12. The molecule has 2 aromatic heterocycles. The van der Waals surface area contributed by atoms with Crippen molar-refractivity contribution in [1.29, 1.82) is 0 Å². The van der Waals surface area contributed by atoms with E-state index in [9.17, 15) is 4.79 Å². The van der Waals surface area contributed by atoms with Crippen LogP contribution in [-0.4, -0.2) is 15.6 Å². The maximum atomic E-state index is 13.4. The monoisotopic (exact) mass is 410 g/mol. The van der Waals surface area contributed by atoms with Crippen LogP contribution < -0.4 is 10.9 Å². The molecule has 0 aliphatic carbocycles. The molecule has 5 heteroatoms. The van der Waals surface area contributed by atoms with Crippen molar-refractivity contribution >= 4 is 17.7 Å². The van der Waals surface area contributed by atoms with E-state index in [4.69, 9.17) is 4.98 Å². The number of hydrogen-bond donors (Lipinski definition) is 1. The minimum absolute atomic E-state index is 0.0155. The number of anilines is 1. The highest BCUT2D eigenvalue weighted by atomic mass is 16.1. The van der Waals surface area contributed by atoms with Gasteiger partial charge in [-0.05, 0) is 43.5 Å². The largest absolute Gasteiger partial charge is 0.363 e. The first-order chi connectivity index (χ1) is 15.0. The number of hydrogen-bond acceptors (Lipinski definition) is 4. The Hall–Kier alpha value is -3.73. The molecule has 2 heterocycles. The molecule has 0 bridgehead atoms. The van der Waals surface area contributed by atoms with Crippen LogP contribution in [0.1, 0.15) is 48.2 Å². The van der Waals surface area contributed by atoms with Gasteiger partial charge in [-0.3, -0.25) is 14.2 Å². The molecule has 31 heavy (non-hydrogen) atoms. The van der Waals surface area contributed by atoms with Gasteiger partial charge in [-0.15, -0.1) is 0 Å².